The number of nitrogens with zero attached hydrogens (tertiary/aromatic N) is 1. The lowest BCUT2D eigenvalue weighted by atomic mass is 10.0. The van der Waals surface area contributed by atoms with Gasteiger partial charge in [-0.2, -0.15) is 0 Å². The van der Waals surface area contributed by atoms with Gasteiger partial charge in [0.05, 0.1) is 0 Å². The van der Waals surface area contributed by atoms with E-state index in [-0.39, 0.29) is 0 Å². The molecule has 1 unspecified atom stereocenters. The smallest absolute Gasteiger partial charge is 0.0448 e. The van der Waals surface area contributed by atoms with Gasteiger partial charge in [0.2, 0.25) is 0 Å². The third-order valence-corrected chi connectivity index (χ3v) is 2.69. The maximum Gasteiger partial charge on any atom is 0.0448 e. The lowest BCUT2D eigenvalue weighted by Crippen LogP contribution is -2.31. The Morgan fingerprint density at radius 2 is 2.20 bits per heavy atom. The van der Waals surface area contributed by atoms with Crippen molar-refractivity contribution in [1.82, 2.24) is 10.3 Å². The predicted octanol–water partition coefficient (Wildman–Crippen LogP) is 2.71. The first-order valence-corrected chi connectivity index (χ1v) is 5.91. The predicted molar refractivity (Wildman–Crippen MR) is 65.1 cm³/mol. The van der Waals surface area contributed by atoms with Crippen LogP contribution in [0.3, 0.4) is 0 Å². The van der Waals surface area contributed by atoms with Crippen molar-refractivity contribution in [2.24, 2.45) is 0 Å². The first-order chi connectivity index (χ1) is 7.27. The molecule has 0 aliphatic rings. The number of aryl methyl sites for hydroxylation is 1. The number of nitrogens with one attached hydrogen (secondary N) is 1. The van der Waals surface area contributed by atoms with Gasteiger partial charge >= 0.3 is 0 Å². The highest BCUT2D eigenvalue weighted by molar-refractivity contribution is 5.18. The van der Waals surface area contributed by atoms with Gasteiger partial charge in [-0.3, -0.25) is 4.98 Å². The molecule has 1 aromatic rings. The van der Waals surface area contributed by atoms with E-state index in [2.05, 4.69) is 37.1 Å². The van der Waals surface area contributed by atoms with E-state index in [1.165, 1.54) is 24.1 Å². The van der Waals surface area contributed by atoms with Crippen molar-refractivity contribution in [3.05, 3.63) is 29.6 Å². The number of aromatic nitrogens is 1. The van der Waals surface area contributed by atoms with Crippen LogP contribution in [0.4, 0.5) is 0 Å². The zero-order chi connectivity index (χ0) is 11.1. The molecular formula is C13H22N2. The van der Waals surface area contributed by atoms with Gasteiger partial charge in [0.15, 0.2) is 0 Å². The first-order valence-electron chi connectivity index (χ1n) is 5.91. The summed E-state index contributed by atoms with van der Waals surface area (Å²) in [6, 6.07) is 4.71. The van der Waals surface area contributed by atoms with Gasteiger partial charge < -0.3 is 5.32 Å². The molecule has 1 heterocycles. The van der Waals surface area contributed by atoms with Crippen LogP contribution in [0.5, 0.6) is 0 Å². The summed E-state index contributed by atoms with van der Waals surface area (Å²) in [7, 11) is 0. The van der Waals surface area contributed by atoms with Crippen molar-refractivity contribution in [3.8, 4) is 0 Å². The van der Waals surface area contributed by atoms with E-state index >= 15 is 0 Å². The highest BCUT2D eigenvalue weighted by Gasteiger charge is 2.09. The zero-order valence-corrected chi connectivity index (χ0v) is 10.1. The minimum Gasteiger partial charge on any atom is -0.314 e. The second-order valence-corrected chi connectivity index (χ2v) is 4.01. The molecule has 0 saturated heterocycles. The van der Waals surface area contributed by atoms with E-state index in [1.807, 2.05) is 12.3 Å². The molecule has 15 heavy (non-hydrogen) atoms. The molecular weight excluding hydrogens is 184 g/mol. The van der Waals surface area contributed by atoms with Gasteiger partial charge in [0, 0.05) is 24.4 Å². The lowest BCUT2D eigenvalue weighted by molar-refractivity contribution is 0.481. The number of likely N-dealkylation sites (N-methyl/N-ethyl adjacent to an activating group) is 1. The van der Waals surface area contributed by atoms with Crippen molar-refractivity contribution < 1.29 is 0 Å². The fraction of sp³-hybridized carbons (Fsp3) is 0.615. The summed E-state index contributed by atoms with van der Waals surface area (Å²) in [5, 5.41) is 3.52. The van der Waals surface area contributed by atoms with E-state index < -0.39 is 0 Å². The number of pyridine rings is 1. The molecule has 0 aliphatic carbocycles. The molecule has 0 aliphatic heterocycles. The largest absolute Gasteiger partial charge is 0.314 e. The molecule has 1 atom stereocenters. The SMILES string of the molecule is CCCC(Cc1ncccc1C)NCC. The Morgan fingerprint density at radius 3 is 2.80 bits per heavy atom. The van der Waals surface area contributed by atoms with Crippen LogP contribution in [0.25, 0.3) is 0 Å². The molecule has 0 amide bonds. The zero-order valence-electron chi connectivity index (χ0n) is 10.1. The van der Waals surface area contributed by atoms with Crippen LogP contribution in [-0.2, 0) is 6.42 Å². The van der Waals surface area contributed by atoms with Gasteiger partial charge in [0.1, 0.15) is 0 Å². The molecule has 1 N–H and O–H groups in total. The fourth-order valence-electron chi connectivity index (χ4n) is 1.88. The van der Waals surface area contributed by atoms with Crippen LogP contribution in [0.2, 0.25) is 0 Å². The Morgan fingerprint density at radius 1 is 1.40 bits per heavy atom. The van der Waals surface area contributed by atoms with E-state index in [0.717, 1.165) is 13.0 Å². The molecule has 0 saturated carbocycles. The van der Waals surface area contributed by atoms with Crippen molar-refractivity contribution in [2.45, 2.75) is 46.1 Å². The molecule has 0 spiro atoms. The summed E-state index contributed by atoms with van der Waals surface area (Å²) in [4.78, 5) is 4.44. The topological polar surface area (TPSA) is 24.9 Å². The summed E-state index contributed by atoms with van der Waals surface area (Å²) in [6.07, 6.45) is 5.39. The van der Waals surface area contributed by atoms with Gasteiger partial charge in [-0.25, -0.2) is 0 Å². The molecule has 0 radical (unpaired) electrons. The normalized spacial score (nSPS) is 12.7. The average molecular weight is 206 g/mol. The van der Waals surface area contributed by atoms with E-state index in [0.29, 0.717) is 6.04 Å². The summed E-state index contributed by atoms with van der Waals surface area (Å²) >= 11 is 0. The maximum atomic E-state index is 4.44. The van der Waals surface area contributed by atoms with Crippen LogP contribution >= 0.6 is 0 Å². The summed E-state index contributed by atoms with van der Waals surface area (Å²) in [6.45, 7) is 7.57. The number of hydrogen-bond acceptors (Lipinski definition) is 2. The fourth-order valence-corrected chi connectivity index (χ4v) is 1.88. The van der Waals surface area contributed by atoms with E-state index in [9.17, 15) is 0 Å². The molecule has 84 valence electrons. The van der Waals surface area contributed by atoms with E-state index in [1.54, 1.807) is 0 Å². The van der Waals surface area contributed by atoms with Crippen molar-refractivity contribution in [1.29, 1.82) is 0 Å². The third kappa shape index (κ3) is 4.00. The Bertz CT molecular complexity index is 278. The van der Waals surface area contributed by atoms with Crippen molar-refractivity contribution >= 4 is 0 Å². The molecule has 0 aromatic carbocycles. The van der Waals surface area contributed by atoms with Crippen molar-refractivity contribution in [3.63, 3.8) is 0 Å². The Labute approximate surface area is 93.1 Å². The lowest BCUT2D eigenvalue weighted by Gasteiger charge is -2.17. The molecule has 1 rings (SSSR count). The standard InChI is InChI=1S/C13H22N2/c1-4-7-12(14-5-2)10-13-11(3)8-6-9-15-13/h6,8-9,12,14H,4-5,7,10H2,1-3H3. The highest BCUT2D eigenvalue weighted by Crippen LogP contribution is 2.09. The van der Waals surface area contributed by atoms with Crippen LogP contribution in [0.15, 0.2) is 18.3 Å². The average Bonchev–Trinajstić information content (AvgIpc) is 2.22. The highest BCUT2D eigenvalue weighted by atomic mass is 14.9. The number of rotatable bonds is 6. The molecule has 1 aromatic heterocycles. The third-order valence-electron chi connectivity index (χ3n) is 2.69. The first kappa shape index (κ1) is 12.2. The maximum absolute atomic E-state index is 4.44. The van der Waals surface area contributed by atoms with E-state index in [4.69, 9.17) is 0 Å². The van der Waals surface area contributed by atoms with Crippen LogP contribution in [-0.4, -0.2) is 17.6 Å². The molecule has 2 heteroatoms. The Balaban J connectivity index is 2.60. The second-order valence-electron chi connectivity index (χ2n) is 4.01. The minimum absolute atomic E-state index is 0.577. The summed E-state index contributed by atoms with van der Waals surface area (Å²) < 4.78 is 0. The van der Waals surface area contributed by atoms with Gasteiger partial charge in [-0.1, -0.05) is 26.3 Å². The van der Waals surface area contributed by atoms with Gasteiger partial charge in [-0.05, 0) is 31.5 Å². The second kappa shape index (κ2) is 6.57. The minimum atomic E-state index is 0.577. The van der Waals surface area contributed by atoms with Crippen LogP contribution in [0.1, 0.15) is 37.9 Å². The summed E-state index contributed by atoms with van der Waals surface area (Å²) in [5.74, 6) is 0. The summed E-state index contributed by atoms with van der Waals surface area (Å²) in [5.41, 5.74) is 2.54. The van der Waals surface area contributed by atoms with Gasteiger partial charge in [0.25, 0.3) is 0 Å². The Hall–Kier alpha value is -0.890. The monoisotopic (exact) mass is 206 g/mol. The van der Waals surface area contributed by atoms with Crippen molar-refractivity contribution in [2.75, 3.05) is 6.54 Å². The van der Waals surface area contributed by atoms with Crippen LogP contribution < -0.4 is 5.32 Å². The number of hydrogen-bond donors (Lipinski definition) is 1. The van der Waals surface area contributed by atoms with Gasteiger partial charge in [-0.15, -0.1) is 0 Å². The molecule has 0 fully saturated rings. The molecule has 0 bridgehead atoms. The van der Waals surface area contributed by atoms with Crippen LogP contribution in [0, 0.1) is 6.92 Å². The Kier molecular flexibility index (Phi) is 5.33. The quantitative estimate of drug-likeness (QED) is 0.774. The molecule has 2 nitrogen and oxygen atoms in total.